The minimum atomic E-state index is -0.395. The van der Waals surface area contributed by atoms with Crippen molar-refractivity contribution in [2.24, 2.45) is 11.8 Å². The highest BCUT2D eigenvalue weighted by atomic mass is 16.5. The second-order valence-corrected chi connectivity index (χ2v) is 4.28. The number of ether oxygens (including phenoxy) is 1. The molecule has 0 spiro atoms. The van der Waals surface area contributed by atoms with Gasteiger partial charge in [-0.15, -0.1) is 0 Å². The van der Waals surface area contributed by atoms with Crippen LogP contribution in [0, 0.1) is 11.8 Å². The third-order valence-electron chi connectivity index (χ3n) is 3.43. The smallest absolute Gasteiger partial charge is 0.0916 e. The fourth-order valence-electron chi connectivity index (χ4n) is 2.42. The van der Waals surface area contributed by atoms with E-state index in [4.69, 9.17) is 9.84 Å². The highest BCUT2D eigenvalue weighted by molar-refractivity contribution is 4.99. The summed E-state index contributed by atoms with van der Waals surface area (Å²) < 4.78 is 5.55. The van der Waals surface area contributed by atoms with Crippen molar-refractivity contribution in [2.75, 3.05) is 13.2 Å². The second kappa shape index (κ2) is 2.69. The number of aliphatic hydroxyl groups excluding tert-OH is 2. The van der Waals surface area contributed by atoms with Crippen LogP contribution in [0.25, 0.3) is 0 Å². The molecule has 2 bridgehead atoms. The predicted molar refractivity (Wildman–Crippen MR) is 43.7 cm³/mol. The number of aliphatic hydroxyl groups is 2. The van der Waals surface area contributed by atoms with E-state index >= 15 is 0 Å². The zero-order valence-electron chi connectivity index (χ0n) is 7.36. The molecular formula is C9H16O3. The van der Waals surface area contributed by atoms with Gasteiger partial charge in [-0.1, -0.05) is 0 Å². The van der Waals surface area contributed by atoms with Crippen molar-refractivity contribution >= 4 is 0 Å². The van der Waals surface area contributed by atoms with Crippen molar-refractivity contribution in [1.82, 2.24) is 0 Å². The first-order chi connectivity index (χ1) is 5.65. The third-order valence-corrected chi connectivity index (χ3v) is 3.43. The molecule has 1 saturated carbocycles. The number of fused-ring (bicyclic) bond motifs is 2. The van der Waals surface area contributed by atoms with Gasteiger partial charge < -0.3 is 14.9 Å². The molecule has 1 aliphatic heterocycles. The molecule has 0 aromatic heterocycles. The maximum absolute atomic E-state index is 9.72. The Morgan fingerprint density at radius 1 is 1.58 bits per heavy atom. The van der Waals surface area contributed by atoms with Crippen LogP contribution in [0.1, 0.15) is 19.8 Å². The first-order valence-electron chi connectivity index (χ1n) is 4.58. The van der Waals surface area contributed by atoms with Crippen LogP contribution in [0.15, 0.2) is 0 Å². The van der Waals surface area contributed by atoms with E-state index in [1.165, 1.54) is 0 Å². The fraction of sp³-hybridized carbons (Fsp3) is 1.00. The molecule has 1 heterocycles. The first-order valence-corrected chi connectivity index (χ1v) is 4.58. The highest BCUT2D eigenvalue weighted by Gasteiger charge is 2.49. The summed E-state index contributed by atoms with van der Waals surface area (Å²) in [7, 11) is 0. The van der Waals surface area contributed by atoms with E-state index in [9.17, 15) is 5.11 Å². The van der Waals surface area contributed by atoms with E-state index in [0.717, 1.165) is 6.42 Å². The summed E-state index contributed by atoms with van der Waals surface area (Å²) in [4.78, 5) is 0. The van der Waals surface area contributed by atoms with Crippen LogP contribution in [0.3, 0.4) is 0 Å². The Balaban J connectivity index is 2.14. The zero-order chi connectivity index (χ0) is 8.77. The Morgan fingerprint density at radius 2 is 2.33 bits per heavy atom. The standard InChI is InChI=1S/C9H16O3/c1-9-3-7(5-12-9)6(4-10)2-8(9)11/h6-8,10-11H,2-5H2,1H3/t6-,7-,8-,9-/m1/s1. The Kier molecular flexibility index (Phi) is 1.90. The number of hydrogen-bond acceptors (Lipinski definition) is 3. The molecule has 3 nitrogen and oxygen atoms in total. The molecule has 1 aliphatic carbocycles. The van der Waals surface area contributed by atoms with E-state index in [1.807, 2.05) is 6.92 Å². The van der Waals surface area contributed by atoms with Crippen molar-refractivity contribution in [3.8, 4) is 0 Å². The normalized spacial score (nSPS) is 52.8. The van der Waals surface area contributed by atoms with Gasteiger partial charge in [0.1, 0.15) is 0 Å². The Morgan fingerprint density at radius 3 is 3.00 bits per heavy atom. The van der Waals surface area contributed by atoms with E-state index in [1.54, 1.807) is 0 Å². The van der Waals surface area contributed by atoms with Crippen LogP contribution in [0.4, 0.5) is 0 Å². The molecule has 0 radical (unpaired) electrons. The SMILES string of the molecule is C[C@]12C[C@H](CO1)[C@@H](CO)C[C@H]2O. The summed E-state index contributed by atoms with van der Waals surface area (Å²) in [5.41, 5.74) is -0.323. The molecule has 3 heteroatoms. The lowest BCUT2D eigenvalue weighted by atomic mass is 9.73. The summed E-state index contributed by atoms with van der Waals surface area (Å²) in [6.07, 6.45) is 1.20. The summed E-state index contributed by atoms with van der Waals surface area (Å²) >= 11 is 0. The van der Waals surface area contributed by atoms with E-state index in [-0.39, 0.29) is 18.1 Å². The van der Waals surface area contributed by atoms with Gasteiger partial charge in [0.25, 0.3) is 0 Å². The summed E-state index contributed by atoms with van der Waals surface area (Å²) in [6.45, 7) is 2.85. The summed E-state index contributed by atoms with van der Waals surface area (Å²) in [6, 6.07) is 0. The lowest BCUT2D eigenvalue weighted by Crippen LogP contribution is -2.44. The van der Waals surface area contributed by atoms with Gasteiger partial charge in [0.15, 0.2) is 0 Å². The van der Waals surface area contributed by atoms with Crippen molar-refractivity contribution < 1.29 is 14.9 Å². The average Bonchev–Trinajstić information content (AvgIpc) is 2.39. The van der Waals surface area contributed by atoms with Crippen LogP contribution >= 0.6 is 0 Å². The third kappa shape index (κ3) is 1.08. The van der Waals surface area contributed by atoms with Crippen LogP contribution < -0.4 is 0 Å². The van der Waals surface area contributed by atoms with Gasteiger partial charge in [-0.3, -0.25) is 0 Å². The predicted octanol–water partition coefficient (Wildman–Crippen LogP) is 0.155. The van der Waals surface area contributed by atoms with Crippen LogP contribution in [0.5, 0.6) is 0 Å². The largest absolute Gasteiger partial charge is 0.396 e. The molecular weight excluding hydrogens is 156 g/mol. The Bertz CT molecular complexity index is 183. The highest BCUT2D eigenvalue weighted by Crippen LogP contribution is 2.44. The minimum absolute atomic E-state index is 0.182. The van der Waals surface area contributed by atoms with Crippen molar-refractivity contribution in [2.45, 2.75) is 31.5 Å². The summed E-state index contributed by atoms with van der Waals surface area (Å²) in [5.74, 6) is 0.707. The topological polar surface area (TPSA) is 49.7 Å². The zero-order valence-corrected chi connectivity index (χ0v) is 7.36. The van der Waals surface area contributed by atoms with Gasteiger partial charge in [0.05, 0.1) is 18.3 Å². The molecule has 12 heavy (non-hydrogen) atoms. The molecule has 2 fully saturated rings. The summed E-state index contributed by atoms with van der Waals surface area (Å²) in [5, 5.41) is 18.8. The van der Waals surface area contributed by atoms with Gasteiger partial charge in [-0.25, -0.2) is 0 Å². The molecule has 70 valence electrons. The number of rotatable bonds is 1. The van der Waals surface area contributed by atoms with Crippen molar-refractivity contribution in [3.63, 3.8) is 0 Å². The number of hydrogen-bond donors (Lipinski definition) is 2. The minimum Gasteiger partial charge on any atom is -0.396 e. The Hall–Kier alpha value is -0.120. The Labute approximate surface area is 72.3 Å². The van der Waals surface area contributed by atoms with Gasteiger partial charge in [-0.2, -0.15) is 0 Å². The average molecular weight is 172 g/mol. The maximum Gasteiger partial charge on any atom is 0.0916 e. The molecule has 0 amide bonds. The second-order valence-electron chi connectivity index (χ2n) is 4.28. The first kappa shape index (κ1) is 8.48. The monoisotopic (exact) mass is 172 g/mol. The molecule has 1 saturated heterocycles. The van der Waals surface area contributed by atoms with E-state index < -0.39 is 6.10 Å². The van der Waals surface area contributed by atoms with Gasteiger partial charge in [0, 0.05) is 6.61 Å². The molecule has 0 aromatic carbocycles. The van der Waals surface area contributed by atoms with E-state index in [2.05, 4.69) is 0 Å². The van der Waals surface area contributed by atoms with Crippen molar-refractivity contribution in [1.29, 1.82) is 0 Å². The molecule has 2 aliphatic rings. The molecule has 2 N–H and O–H groups in total. The molecule has 0 unspecified atom stereocenters. The molecule has 0 aromatic rings. The van der Waals surface area contributed by atoms with Crippen LogP contribution in [-0.2, 0) is 4.74 Å². The van der Waals surface area contributed by atoms with Gasteiger partial charge in [-0.05, 0) is 31.6 Å². The van der Waals surface area contributed by atoms with Crippen LogP contribution in [0.2, 0.25) is 0 Å². The lowest BCUT2D eigenvalue weighted by Gasteiger charge is -2.36. The van der Waals surface area contributed by atoms with Gasteiger partial charge in [0.2, 0.25) is 0 Å². The van der Waals surface area contributed by atoms with Crippen LogP contribution in [-0.4, -0.2) is 35.1 Å². The van der Waals surface area contributed by atoms with Crippen molar-refractivity contribution in [3.05, 3.63) is 0 Å². The molecule has 4 atom stereocenters. The fourth-order valence-corrected chi connectivity index (χ4v) is 2.42. The quantitative estimate of drug-likeness (QED) is 0.592. The van der Waals surface area contributed by atoms with E-state index in [0.29, 0.717) is 18.9 Å². The maximum atomic E-state index is 9.72. The lowest BCUT2D eigenvalue weighted by molar-refractivity contribution is -0.0876. The molecule has 2 rings (SSSR count). The van der Waals surface area contributed by atoms with Gasteiger partial charge >= 0.3 is 0 Å².